The zero-order valence-electron chi connectivity index (χ0n) is 28.7. The van der Waals surface area contributed by atoms with Gasteiger partial charge in [0, 0.05) is 49.5 Å². The van der Waals surface area contributed by atoms with Gasteiger partial charge in [0.25, 0.3) is 11.9 Å². The molecule has 47 heavy (non-hydrogen) atoms. The molecule has 0 spiro atoms. The molecule has 0 amide bonds. The molecule has 12 nitrogen and oxygen atoms in total. The van der Waals surface area contributed by atoms with Crippen LogP contribution in [0.5, 0.6) is 0 Å². The number of hydroxylamine groups is 1. The molecular weight excluding hydrogens is 616 g/mol. The van der Waals surface area contributed by atoms with Gasteiger partial charge in [-0.3, -0.25) is 10.4 Å². The van der Waals surface area contributed by atoms with Crippen molar-refractivity contribution in [3.8, 4) is 0 Å². The van der Waals surface area contributed by atoms with E-state index in [-0.39, 0.29) is 56.5 Å². The lowest BCUT2D eigenvalue weighted by Crippen LogP contribution is -2.70. The number of aliphatic hydroxyl groups is 6. The van der Waals surface area contributed by atoms with Crippen LogP contribution >= 0.6 is 0 Å². The smallest absolute Gasteiger partial charge is 0.280 e. The van der Waals surface area contributed by atoms with E-state index in [1.807, 2.05) is 51.1 Å². The Morgan fingerprint density at radius 3 is 2.09 bits per heavy atom. The topological polar surface area (TPSA) is 201 Å². The minimum Gasteiger partial charge on any atom is -0.364 e. The second kappa shape index (κ2) is 16.7. The van der Waals surface area contributed by atoms with E-state index >= 15 is 0 Å². The highest BCUT2D eigenvalue weighted by molar-refractivity contribution is 5.15. The van der Waals surface area contributed by atoms with Gasteiger partial charge in [0.2, 0.25) is 5.92 Å². The quantitative estimate of drug-likeness (QED) is 0.0765. The summed E-state index contributed by atoms with van der Waals surface area (Å²) in [7, 11) is 0. The molecule has 272 valence electrons. The molecular formula is C33H59F2N5O7. The largest absolute Gasteiger partial charge is 0.364 e. The van der Waals surface area contributed by atoms with E-state index in [4.69, 9.17) is 16.3 Å². The minimum atomic E-state index is -3.21. The third-order valence-electron chi connectivity index (χ3n) is 9.86. The summed E-state index contributed by atoms with van der Waals surface area (Å²) in [5.41, 5.74) is 16.7. The summed E-state index contributed by atoms with van der Waals surface area (Å²) in [5.74, 6) is -12.2. The van der Waals surface area contributed by atoms with Crippen molar-refractivity contribution < 1.29 is 44.3 Å². The van der Waals surface area contributed by atoms with Crippen molar-refractivity contribution in [1.82, 2.24) is 15.3 Å². The van der Waals surface area contributed by atoms with Gasteiger partial charge in [0.1, 0.15) is 6.17 Å². The monoisotopic (exact) mass is 675 g/mol. The highest BCUT2D eigenvalue weighted by Gasteiger charge is 2.47. The maximum Gasteiger partial charge on any atom is 0.280 e. The van der Waals surface area contributed by atoms with Gasteiger partial charge in [-0.05, 0) is 51.5 Å². The Balaban J connectivity index is 2.53. The highest BCUT2D eigenvalue weighted by Crippen LogP contribution is 2.38. The molecule has 1 aliphatic carbocycles. The normalized spacial score (nSPS) is 21.5. The average Bonchev–Trinajstić information content (AvgIpc) is 2.99. The molecule has 0 heterocycles. The van der Waals surface area contributed by atoms with Crippen LogP contribution in [-0.4, -0.2) is 95.0 Å². The molecule has 0 aliphatic heterocycles. The van der Waals surface area contributed by atoms with Gasteiger partial charge in [-0.25, -0.2) is 18.5 Å². The van der Waals surface area contributed by atoms with Crippen LogP contribution in [0.15, 0.2) is 42.6 Å². The van der Waals surface area contributed by atoms with Crippen LogP contribution in [0.2, 0.25) is 0 Å². The van der Waals surface area contributed by atoms with Crippen LogP contribution in [-0.2, 0) is 11.3 Å². The Kier molecular flexibility index (Phi) is 14.7. The SMILES string of the molecule is C=C(NOC(O)(CCc1ccccc1)N(CC(C)N(C(N)C(C)C(O)(O)O)C(N)C(C)(O)O)C(C)C(C)CC)C1CCC(F)(F)CC1. The first kappa shape index (κ1) is 41.4. The van der Waals surface area contributed by atoms with Crippen molar-refractivity contribution in [2.45, 2.75) is 134 Å². The molecule has 14 heteroatoms. The Labute approximate surface area is 278 Å². The summed E-state index contributed by atoms with van der Waals surface area (Å²) >= 11 is 0. The maximum atomic E-state index is 13.8. The van der Waals surface area contributed by atoms with Crippen molar-refractivity contribution in [2.24, 2.45) is 29.2 Å². The number of alkyl halides is 2. The fourth-order valence-electron chi connectivity index (χ4n) is 6.00. The van der Waals surface area contributed by atoms with Gasteiger partial charge < -0.3 is 42.1 Å². The first-order valence-electron chi connectivity index (χ1n) is 16.5. The number of nitrogens with one attached hydrogen (secondary N) is 1. The van der Waals surface area contributed by atoms with Crippen LogP contribution in [0.1, 0.15) is 85.6 Å². The fourth-order valence-corrected chi connectivity index (χ4v) is 6.00. The second-order valence-corrected chi connectivity index (χ2v) is 13.7. The molecule has 0 aromatic heterocycles. The molecule has 7 unspecified atom stereocenters. The molecule has 0 saturated heterocycles. The van der Waals surface area contributed by atoms with Gasteiger partial charge in [-0.2, -0.15) is 0 Å². The summed E-state index contributed by atoms with van der Waals surface area (Å²) in [6.07, 6.45) is -1.94. The van der Waals surface area contributed by atoms with Crippen LogP contribution < -0.4 is 16.9 Å². The van der Waals surface area contributed by atoms with Crippen molar-refractivity contribution in [3.63, 3.8) is 0 Å². The molecule has 1 fully saturated rings. The van der Waals surface area contributed by atoms with Gasteiger partial charge in [0.15, 0.2) is 5.79 Å². The number of nitrogens with two attached hydrogens (primary N) is 2. The zero-order valence-corrected chi connectivity index (χ0v) is 28.7. The van der Waals surface area contributed by atoms with E-state index in [0.29, 0.717) is 12.1 Å². The molecule has 11 N–H and O–H groups in total. The number of benzene rings is 1. The first-order valence-corrected chi connectivity index (χ1v) is 16.5. The average molecular weight is 676 g/mol. The number of rotatable bonds is 19. The van der Waals surface area contributed by atoms with Gasteiger partial charge >= 0.3 is 0 Å². The molecule has 2 rings (SSSR count). The van der Waals surface area contributed by atoms with E-state index in [1.54, 1.807) is 11.8 Å². The van der Waals surface area contributed by atoms with Crippen LogP contribution in [0.4, 0.5) is 8.78 Å². The van der Waals surface area contributed by atoms with Crippen molar-refractivity contribution in [1.29, 1.82) is 0 Å². The summed E-state index contributed by atoms with van der Waals surface area (Å²) in [5, 5.41) is 63.2. The summed E-state index contributed by atoms with van der Waals surface area (Å²) in [6.45, 7) is 13.9. The van der Waals surface area contributed by atoms with Crippen LogP contribution in [0.3, 0.4) is 0 Å². The molecule has 1 aromatic rings. The second-order valence-electron chi connectivity index (χ2n) is 13.7. The maximum absolute atomic E-state index is 13.8. The Bertz CT molecular complexity index is 1100. The van der Waals surface area contributed by atoms with Crippen molar-refractivity contribution >= 4 is 0 Å². The van der Waals surface area contributed by atoms with E-state index in [9.17, 15) is 39.4 Å². The van der Waals surface area contributed by atoms with Crippen molar-refractivity contribution in [2.75, 3.05) is 6.54 Å². The molecule has 1 aliphatic rings. The van der Waals surface area contributed by atoms with E-state index < -0.39 is 47.9 Å². The lowest BCUT2D eigenvalue weighted by Gasteiger charge is -2.50. The summed E-state index contributed by atoms with van der Waals surface area (Å²) < 4.78 is 27.7. The summed E-state index contributed by atoms with van der Waals surface area (Å²) in [4.78, 5) is 9.04. The highest BCUT2D eigenvalue weighted by atomic mass is 19.3. The van der Waals surface area contributed by atoms with Gasteiger partial charge in [-0.1, -0.05) is 64.1 Å². The van der Waals surface area contributed by atoms with E-state index in [1.165, 1.54) is 11.8 Å². The minimum absolute atomic E-state index is 0.00785. The van der Waals surface area contributed by atoms with Gasteiger partial charge in [0.05, 0.1) is 12.1 Å². The first-order chi connectivity index (χ1) is 21.5. The Morgan fingerprint density at radius 1 is 1.04 bits per heavy atom. The third kappa shape index (κ3) is 11.6. The third-order valence-corrected chi connectivity index (χ3v) is 9.86. The molecule has 7 atom stereocenters. The molecule has 0 radical (unpaired) electrons. The Hall–Kier alpha value is -1.82. The van der Waals surface area contributed by atoms with Gasteiger partial charge in [-0.15, -0.1) is 0 Å². The number of halogens is 2. The van der Waals surface area contributed by atoms with E-state index in [2.05, 4.69) is 12.1 Å². The lowest BCUT2D eigenvalue weighted by atomic mass is 9.85. The fraction of sp³-hybridized carbons (Fsp3) is 0.758. The number of nitrogens with zero attached hydrogens (tertiary/aromatic N) is 2. The predicted molar refractivity (Wildman–Crippen MR) is 174 cm³/mol. The van der Waals surface area contributed by atoms with Crippen molar-refractivity contribution in [3.05, 3.63) is 48.2 Å². The number of allylic oxidation sites excluding steroid dienone is 1. The zero-order chi connectivity index (χ0) is 36.0. The van der Waals surface area contributed by atoms with Crippen LogP contribution in [0, 0.1) is 17.8 Å². The predicted octanol–water partition coefficient (Wildman–Crippen LogP) is 2.09. The molecule has 1 saturated carbocycles. The number of hydrogen-bond donors (Lipinski definition) is 9. The number of hydrogen-bond acceptors (Lipinski definition) is 12. The lowest BCUT2D eigenvalue weighted by molar-refractivity contribution is -0.351. The summed E-state index contributed by atoms with van der Waals surface area (Å²) in [6, 6.07) is 8.28. The van der Waals surface area contributed by atoms with E-state index in [0.717, 1.165) is 18.9 Å². The van der Waals surface area contributed by atoms with Crippen LogP contribution in [0.25, 0.3) is 0 Å². The molecule has 0 bridgehead atoms. The number of aryl methyl sites for hydroxylation is 1. The Morgan fingerprint density at radius 2 is 1.60 bits per heavy atom. The standard InChI is InChI=1S/C33H59F2N5O7/c1-8-21(2)25(6)39(20-22(3)40(29(37)30(7,41)42)28(36)23(4)33(44,45)46)32(43,19-14-26-12-10-9-11-13-26)47-38-24(5)27-15-17-31(34,35)18-16-27/h9-13,21-23,25,27-29,38,41-46H,5,8,14-20,36-37H2,1-4,6-7H3. The molecule has 1 aromatic carbocycles.